The number of hydrogen-bond donors (Lipinski definition) is 0. The summed E-state index contributed by atoms with van der Waals surface area (Å²) in [5.74, 6) is 0. The fourth-order valence-electron chi connectivity index (χ4n) is 0.373. The molecular weight excluding hydrogens is 145 g/mol. The molecule has 0 saturated carbocycles. The van der Waals surface area contributed by atoms with Gasteiger partial charge in [0.2, 0.25) is 0 Å². The van der Waals surface area contributed by atoms with Crippen molar-refractivity contribution >= 4 is 0 Å². The zero-order chi connectivity index (χ0) is 8.36. The van der Waals surface area contributed by atoms with E-state index in [0.717, 1.165) is 0 Å². The molecule has 0 aliphatic rings. The second-order valence-electron chi connectivity index (χ2n) is 1.90. The first-order valence-corrected chi connectivity index (χ1v) is 2.68. The Morgan fingerprint density at radius 3 is 2.00 bits per heavy atom. The van der Waals surface area contributed by atoms with Gasteiger partial charge in [-0.05, 0) is 6.92 Å². The molecule has 0 rings (SSSR count). The van der Waals surface area contributed by atoms with Crippen LogP contribution in [0.4, 0.5) is 13.2 Å². The highest BCUT2D eigenvalue weighted by Crippen LogP contribution is 2.27. The van der Waals surface area contributed by atoms with Crippen LogP contribution in [-0.2, 0) is 4.74 Å². The summed E-state index contributed by atoms with van der Waals surface area (Å²) in [6.45, 7) is 4.15. The molecule has 1 unspecified atom stereocenters. The van der Waals surface area contributed by atoms with Gasteiger partial charge in [-0.15, -0.1) is 0 Å². The summed E-state index contributed by atoms with van der Waals surface area (Å²) in [6.07, 6.45) is -5.30. The van der Waals surface area contributed by atoms with Gasteiger partial charge >= 0.3 is 6.18 Å². The molecule has 60 valence electrons. The molecule has 10 heavy (non-hydrogen) atoms. The van der Waals surface area contributed by atoms with Gasteiger partial charge in [0, 0.05) is 7.11 Å². The minimum Gasteiger partial charge on any atom is -0.377 e. The molecule has 0 aliphatic carbocycles. The molecule has 0 bridgehead atoms. The number of halogens is 3. The van der Waals surface area contributed by atoms with Crippen LogP contribution in [0.2, 0.25) is 0 Å². The van der Waals surface area contributed by atoms with Gasteiger partial charge in [-0.1, -0.05) is 6.58 Å². The maximum atomic E-state index is 11.7. The van der Waals surface area contributed by atoms with Crippen molar-refractivity contribution in [1.82, 2.24) is 0 Å². The van der Waals surface area contributed by atoms with Crippen molar-refractivity contribution < 1.29 is 17.9 Å². The Morgan fingerprint density at radius 1 is 1.50 bits per heavy atom. The van der Waals surface area contributed by atoms with Gasteiger partial charge in [-0.25, -0.2) is 0 Å². The van der Waals surface area contributed by atoms with E-state index in [1.807, 2.05) is 0 Å². The van der Waals surface area contributed by atoms with Crippen LogP contribution in [0.1, 0.15) is 6.92 Å². The van der Waals surface area contributed by atoms with Crippen LogP contribution in [0.3, 0.4) is 0 Å². The molecule has 0 fully saturated rings. The highest BCUT2D eigenvalue weighted by atomic mass is 19.4. The van der Waals surface area contributed by atoms with Crippen LogP contribution < -0.4 is 0 Å². The summed E-state index contributed by atoms with van der Waals surface area (Å²) in [5.41, 5.74) is -0.852. The van der Waals surface area contributed by atoms with Crippen molar-refractivity contribution in [2.75, 3.05) is 7.11 Å². The van der Waals surface area contributed by atoms with Crippen molar-refractivity contribution in [3.8, 4) is 0 Å². The predicted octanol–water partition coefficient (Wildman–Crippen LogP) is 2.14. The molecule has 0 aromatic carbocycles. The molecular formula is C6H9F3O. The summed E-state index contributed by atoms with van der Waals surface area (Å²) in [6, 6.07) is 0. The molecule has 0 N–H and O–H groups in total. The fraction of sp³-hybridized carbons (Fsp3) is 0.667. The third-order valence-electron chi connectivity index (χ3n) is 1.21. The Labute approximate surface area is 57.5 Å². The van der Waals surface area contributed by atoms with Crippen LogP contribution in [0.5, 0.6) is 0 Å². The average molecular weight is 154 g/mol. The molecule has 0 heterocycles. The number of ether oxygens (including phenoxy) is 1. The van der Waals surface area contributed by atoms with E-state index in [9.17, 15) is 13.2 Å². The lowest BCUT2D eigenvalue weighted by atomic mass is 10.2. The standard InChI is InChI=1S/C6H9F3O/c1-4(5(2)10-3)6(7,8)9/h5H,1H2,2-3H3. The van der Waals surface area contributed by atoms with Crippen LogP contribution in [0.25, 0.3) is 0 Å². The maximum absolute atomic E-state index is 11.7. The lowest BCUT2D eigenvalue weighted by Crippen LogP contribution is -2.22. The van der Waals surface area contributed by atoms with Crippen molar-refractivity contribution in [2.24, 2.45) is 0 Å². The molecule has 0 aliphatic heterocycles. The van der Waals surface area contributed by atoms with E-state index in [2.05, 4.69) is 11.3 Å². The molecule has 4 heteroatoms. The first-order valence-electron chi connectivity index (χ1n) is 2.68. The quantitative estimate of drug-likeness (QED) is 0.553. The fourth-order valence-corrected chi connectivity index (χ4v) is 0.373. The summed E-state index contributed by atoms with van der Waals surface area (Å²) < 4.78 is 39.5. The summed E-state index contributed by atoms with van der Waals surface area (Å²) >= 11 is 0. The third-order valence-corrected chi connectivity index (χ3v) is 1.21. The Morgan fingerprint density at radius 2 is 1.90 bits per heavy atom. The van der Waals surface area contributed by atoms with Crippen LogP contribution in [0, 0.1) is 0 Å². The van der Waals surface area contributed by atoms with E-state index < -0.39 is 17.9 Å². The normalized spacial score (nSPS) is 14.9. The summed E-state index contributed by atoms with van der Waals surface area (Å²) in [5, 5.41) is 0. The second kappa shape index (κ2) is 3.05. The topological polar surface area (TPSA) is 9.23 Å². The molecule has 0 radical (unpaired) electrons. The van der Waals surface area contributed by atoms with Gasteiger partial charge in [0.05, 0.1) is 11.7 Å². The highest BCUT2D eigenvalue weighted by molar-refractivity contribution is 5.07. The van der Waals surface area contributed by atoms with E-state index in [0.29, 0.717) is 0 Å². The van der Waals surface area contributed by atoms with E-state index >= 15 is 0 Å². The lowest BCUT2D eigenvalue weighted by Gasteiger charge is -2.15. The van der Waals surface area contributed by atoms with Gasteiger partial charge in [0.25, 0.3) is 0 Å². The van der Waals surface area contributed by atoms with Gasteiger partial charge in [-0.2, -0.15) is 13.2 Å². The maximum Gasteiger partial charge on any atom is 0.414 e. The highest BCUT2D eigenvalue weighted by Gasteiger charge is 2.35. The predicted molar refractivity (Wildman–Crippen MR) is 31.7 cm³/mol. The van der Waals surface area contributed by atoms with Gasteiger partial charge in [0.15, 0.2) is 0 Å². The zero-order valence-corrected chi connectivity index (χ0v) is 5.83. The van der Waals surface area contributed by atoms with Crippen molar-refractivity contribution in [1.29, 1.82) is 0 Å². The lowest BCUT2D eigenvalue weighted by molar-refractivity contribution is -0.106. The second-order valence-corrected chi connectivity index (χ2v) is 1.90. The van der Waals surface area contributed by atoms with Crippen LogP contribution in [-0.4, -0.2) is 19.4 Å². The smallest absolute Gasteiger partial charge is 0.377 e. The molecule has 0 amide bonds. The first kappa shape index (κ1) is 9.49. The van der Waals surface area contributed by atoms with Crippen LogP contribution in [0.15, 0.2) is 12.2 Å². The van der Waals surface area contributed by atoms with Gasteiger partial charge in [-0.3, -0.25) is 0 Å². The molecule has 0 saturated heterocycles. The largest absolute Gasteiger partial charge is 0.414 e. The Hall–Kier alpha value is -0.510. The van der Waals surface area contributed by atoms with Gasteiger partial charge < -0.3 is 4.74 Å². The van der Waals surface area contributed by atoms with E-state index in [4.69, 9.17) is 0 Å². The molecule has 0 spiro atoms. The molecule has 0 aromatic heterocycles. The molecule has 1 atom stereocenters. The number of rotatable bonds is 2. The summed E-state index contributed by atoms with van der Waals surface area (Å²) in [7, 11) is 1.21. The number of hydrogen-bond acceptors (Lipinski definition) is 1. The van der Waals surface area contributed by atoms with Crippen molar-refractivity contribution in [3.05, 3.63) is 12.2 Å². The van der Waals surface area contributed by atoms with Crippen molar-refractivity contribution in [3.63, 3.8) is 0 Å². The third kappa shape index (κ3) is 2.39. The van der Waals surface area contributed by atoms with E-state index in [1.54, 1.807) is 0 Å². The van der Waals surface area contributed by atoms with Crippen molar-refractivity contribution in [2.45, 2.75) is 19.2 Å². The minimum atomic E-state index is -4.34. The van der Waals surface area contributed by atoms with E-state index in [1.165, 1.54) is 14.0 Å². The van der Waals surface area contributed by atoms with E-state index in [-0.39, 0.29) is 0 Å². The Kier molecular flexibility index (Phi) is 2.90. The average Bonchev–Trinajstić information content (AvgIpc) is 1.83. The Bertz CT molecular complexity index is 127. The van der Waals surface area contributed by atoms with Gasteiger partial charge in [0.1, 0.15) is 0 Å². The SMILES string of the molecule is C=C(C(C)OC)C(F)(F)F. The monoisotopic (exact) mass is 154 g/mol. The molecule has 1 nitrogen and oxygen atoms in total. The first-order chi connectivity index (χ1) is 4.39. The van der Waals surface area contributed by atoms with Crippen LogP contribution >= 0.6 is 0 Å². The molecule has 0 aromatic rings. The minimum absolute atomic E-state index is 0.852. The zero-order valence-electron chi connectivity index (χ0n) is 5.83. The summed E-state index contributed by atoms with van der Waals surface area (Å²) in [4.78, 5) is 0. The number of alkyl halides is 3. The Balaban J connectivity index is 4.09. The number of methoxy groups -OCH3 is 1.